The monoisotopic (exact) mass is 573 g/mol. The van der Waals surface area contributed by atoms with E-state index < -0.39 is 0 Å². The first kappa shape index (κ1) is 25.4. The molecule has 45 heavy (non-hydrogen) atoms. The van der Waals surface area contributed by atoms with Crippen LogP contribution in [0.25, 0.3) is 82.9 Å². The second-order valence-electron chi connectivity index (χ2n) is 11.4. The number of para-hydroxylation sites is 3. The van der Waals surface area contributed by atoms with Crippen LogP contribution in [0, 0.1) is 0 Å². The molecule has 0 radical (unpaired) electrons. The van der Waals surface area contributed by atoms with E-state index in [1.54, 1.807) is 0 Å². The molecule has 2 heterocycles. The fraction of sp³-hybridized carbons (Fsp3) is 0. The van der Waals surface area contributed by atoms with E-state index in [0.717, 1.165) is 44.9 Å². The molecule has 0 bridgehead atoms. The molecule has 0 N–H and O–H groups in total. The second-order valence-corrected chi connectivity index (χ2v) is 11.4. The molecular formula is C42H27N3. The lowest BCUT2D eigenvalue weighted by Crippen LogP contribution is -1.97. The van der Waals surface area contributed by atoms with Gasteiger partial charge >= 0.3 is 0 Å². The average molecular weight is 574 g/mol. The smallest absolute Gasteiger partial charge is 0.145 e. The summed E-state index contributed by atoms with van der Waals surface area (Å²) in [5, 5.41) is 6.12. The minimum absolute atomic E-state index is 0.941. The van der Waals surface area contributed by atoms with E-state index in [2.05, 4.69) is 156 Å². The highest BCUT2D eigenvalue weighted by molar-refractivity contribution is 6.22. The number of fused-ring (bicyclic) bond motifs is 6. The van der Waals surface area contributed by atoms with Crippen molar-refractivity contribution in [2.45, 2.75) is 0 Å². The molecule has 7 aromatic carbocycles. The Bertz CT molecular complexity index is 2490. The summed E-state index contributed by atoms with van der Waals surface area (Å²) in [7, 11) is 0. The Hall–Kier alpha value is -6.06. The van der Waals surface area contributed by atoms with Crippen molar-refractivity contribution in [3.63, 3.8) is 0 Å². The van der Waals surface area contributed by atoms with Gasteiger partial charge in [0.25, 0.3) is 0 Å². The molecule has 210 valence electrons. The van der Waals surface area contributed by atoms with E-state index in [1.807, 2.05) is 12.1 Å². The molecule has 9 aromatic rings. The summed E-state index contributed by atoms with van der Waals surface area (Å²) < 4.78 is 2.25. The minimum Gasteiger partial charge on any atom is -0.292 e. The van der Waals surface area contributed by atoms with Crippen LogP contribution in [0.15, 0.2) is 164 Å². The third-order valence-electron chi connectivity index (χ3n) is 8.80. The van der Waals surface area contributed by atoms with Crippen LogP contribution in [-0.4, -0.2) is 14.5 Å². The maximum absolute atomic E-state index is 5.17. The summed E-state index contributed by atoms with van der Waals surface area (Å²) in [5.41, 5.74) is 9.72. The fourth-order valence-electron chi connectivity index (χ4n) is 6.63. The highest BCUT2D eigenvalue weighted by Gasteiger charge is 2.15. The Balaban J connectivity index is 1.12. The number of hydrogen-bond donors (Lipinski definition) is 0. The molecule has 0 spiro atoms. The Labute approximate surface area is 260 Å². The van der Waals surface area contributed by atoms with Gasteiger partial charge < -0.3 is 0 Å². The molecule has 0 unspecified atom stereocenters. The SMILES string of the molecule is c1ccc(-c2nc3ccccc3n2-c2ccc(-c3ccc(-c4nc5ccccc5c5c4ccc4ccccc45)cc3)cc2)cc1. The van der Waals surface area contributed by atoms with Crippen molar-refractivity contribution in [1.82, 2.24) is 14.5 Å². The van der Waals surface area contributed by atoms with E-state index >= 15 is 0 Å². The van der Waals surface area contributed by atoms with Gasteiger partial charge in [0.05, 0.1) is 22.2 Å². The summed E-state index contributed by atoms with van der Waals surface area (Å²) in [6.07, 6.45) is 0. The molecule has 0 aliphatic rings. The van der Waals surface area contributed by atoms with Gasteiger partial charge in [0.2, 0.25) is 0 Å². The van der Waals surface area contributed by atoms with E-state index in [0.29, 0.717) is 0 Å². The van der Waals surface area contributed by atoms with Crippen LogP contribution in [-0.2, 0) is 0 Å². The molecule has 0 amide bonds. The Morgan fingerprint density at radius 1 is 0.378 bits per heavy atom. The zero-order valence-electron chi connectivity index (χ0n) is 24.4. The standard InChI is InChI=1S/C42H27N3/c1-2-11-32(12-3-1)42-44-38-16-8-9-17-39(38)45(42)33-25-22-29(23-26-33)28-18-20-31(21-19-28)41-36-27-24-30-10-4-5-13-34(30)40(36)35-14-6-7-15-37(35)43-41/h1-27H. The molecular weight excluding hydrogens is 546 g/mol. The minimum atomic E-state index is 0.941. The quantitative estimate of drug-likeness (QED) is 0.196. The zero-order chi connectivity index (χ0) is 29.7. The largest absolute Gasteiger partial charge is 0.292 e. The fourth-order valence-corrected chi connectivity index (χ4v) is 6.63. The normalized spacial score (nSPS) is 11.6. The van der Waals surface area contributed by atoms with E-state index in [9.17, 15) is 0 Å². The lowest BCUT2D eigenvalue weighted by Gasteiger charge is -2.13. The molecule has 0 aliphatic carbocycles. The predicted octanol–water partition coefficient (Wildman–Crippen LogP) is 10.9. The van der Waals surface area contributed by atoms with Gasteiger partial charge in [-0.2, -0.15) is 0 Å². The molecule has 2 aromatic heterocycles. The number of hydrogen-bond acceptors (Lipinski definition) is 2. The lowest BCUT2D eigenvalue weighted by atomic mass is 9.94. The predicted molar refractivity (Wildman–Crippen MR) is 188 cm³/mol. The lowest BCUT2D eigenvalue weighted by molar-refractivity contribution is 1.10. The van der Waals surface area contributed by atoms with Crippen molar-refractivity contribution in [3.05, 3.63) is 164 Å². The number of pyridine rings is 1. The highest BCUT2D eigenvalue weighted by atomic mass is 15.1. The number of rotatable bonds is 4. The Morgan fingerprint density at radius 3 is 1.80 bits per heavy atom. The summed E-state index contributed by atoms with van der Waals surface area (Å²) in [5.74, 6) is 0.941. The second kappa shape index (κ2) is 10.3. The van der Waals surface area contributed by atoms with Crippen LogP contribution >= 0.6 is 0 Å². The van der Waals surface area contributed by atoms with Gasteiger partial charge in [-0.3, -0.25) is 4.57 Å². The summed E-state index contributed by atoms with van der Waals surface area (Å²) in [6.45, 7) is 0. The van der Waals surface area contributed by atoms with Crippen molar-refractivity contribution < 1.29 is 0 Å². The van der Waals surface area contributed by atoms with Crippen molar-refractivity contribution in [2.24, 2.45) is 0 Å². The van der Waals surface area contributed by atoms with Crippen LogP contribution in [0.4, 0.5) is 0 Å². The van der Waals surface area contributed by atoms with Crippen LogP contribution in [0.1, 0.15) is 0 Å². The van der Waals surface area contributed by atoms with Crippen LogP contribution in [0.5, 0.6) is 0 Å². The molecule has 0 aliphatic heterocycles. The van der Waals surface area contributed by atoms with Crippen molar-refractivity contribution in [1.29, 1.82) is 0 Å². The molecule has 0 atom stereocenters. The van der Waals surface area contributed by atoms with Crippen molar-refractivity contribution in [2.75, 3.05) is 0 Å². The van der Waals surface area contributed by atoms with Gasteiger partial charge in [0.1, 0.15) is 5.82 Å². The maximum atomic E-state index is 5.17. The molecule has 9 rings (SSSR count). The number of aromatic nitrogens is 3. The average Bonchev–Trinajstić information content (AvgIpc) is 3.51. The number of benzene rings is 7. The van der Waals surface area contributed by atoms with Gasteiger partial charge in [-0.15, -0.1) is 0 Å². The molecule has 3 heteroatoms. The van der Waals surface area contributed by atoms with E-state index in [4.69, 9.17) is 9.97 Å². The van der Waals surface area contributed by atoms with Gasteiger partial charge in [0, 0.05) is 33.0 Å². The first-order valence-electron chi connectivity index (χ1n) is 15.3. The third kappa shape index (κ3) is 4.21. The maximum Gasteiger partial charge on any atom is 0.145 e. The topological polar surface area (TPSA) is 30.7 Å². The highest BCUT2D eigenvalue weighted by Crippen LogP contribution is 2.37. The van der Waals surface area contributed by atoms with Gasteiger partial charge in [0.15, 0.2) is 0 Å². The van der Waals surface area contributed by atoms with Crippen molar-refractivity contribution in [3.8, 4) is 39.5 Å². The van der Waals surface area contributed by atoms with Crippen LogP contribution in [0.2, 0.25) is 0 Å². The first-order valence-corrected chi connectivity index (χ1v) is 15.3. The Kier molecular flexibility index (Phi) is 5.82. The zero-order valence-corrected chi connectivity index (χ0v) is 24.4. The summed E-state index contributed by atoms with van der Waals surface area (Å²) in [6, 6.07) is 57.8. The molecule has 3 nitrogen and oxygen atoms in total. The van der Waals surface area contributed by atoms with Crippen molar-refractivity contribution >= 4 is 43.5 Å². The molecule has 0 fully saturated rings. The summed E-state index contributed by atoms with van der Waals surface area (Å²) >= 11 is 0. The van der Waals surface area contributed by atoms with Crippen LogP contribution < -0.4 is 0 Å². The molecule has 0 saturated heterocycles. The van der Waals surface area contributed by atoms with E-state index in [-0.39, 0.29) is 0 Å². The van der Waals surface area contributed by atoms with Gasteiger partial charge in [-0.1, -0.05) is 133 Å². The number of imidazole rings is 1. The van der Waals surface area contributed by atoms with E-state index in [1.165, 1.54) is 38.1 Å². The molecule has 0 saturated carbocycles. The Morgan fingerprint density at radius 2 is 1.00 bits per heavy atom. The number of nitrogens with zero attached hydrogens (tertiary/aromatic N) is 3. The summed E-state index contributed by atoms with van der Waals surface area (Å²) in [4.78, 5) is 10.2. The van der Waals surface area contributed by atoms with Gasteiger partial charge in [-0.25, -0.2) is 9.97 Å². The third-order valence-corrected chi connectivity index (χ3v) is 8.80. The van der Waals surface area contributed by atoms with Gasteiger partial charge in [-0.05, 0) is 52.2 Å². The van der Waals surface area contributed by atoms with Crippen LogP contribution in [0.3, 0.4) is 0 Å². The first-order chi connectivity index (χ1) is 22.3.